The molecule has 0 radical (unpaired) electrons. The van der Waals surface area contributed by atoms with E-state index >= 15 is 0 Å². The number of aromatic hydroxyl groups is 1. The summed E-state index contributed by atoms with van der Waals surface area (Å²) in [5, 5.41) is 19.6. The minimum Gasteiger partial charge on any atom is -0.507 e. The van der Waals surface area contributed by atoms with Gasteiger partial charge in [-0.3, -0.25) is 14.5 Å². The topological polar surface area (TPSA) is 90.3 Å². The number of phenolic OH excluding ortho intramolecular Hbond substituents is 1. The summed E-state index contributed by atoms with van der Waals surface area (Å²) in [7, 11) is 1.71. The van der Waals surface area contributed by atoms with Crippen LogP contribution in [0.25, 0.3) is 0 Å². The van der Waals surface area contributed by atoms with Crippen LogP contribution in [0.2, 0.25) is 0 Å². The first-order valence-electron chi connectivity index (χ1n) is 9.78. The van der Waals surface area contributed by atoms with Crippen molar-refractivity contribution in [1.82, 2.24) is 9.80 Å². The highest BCUT2D eigenvalue weighted by Crippen LogP contribution is 2.34. The lowest BCUT2D eigenvalue weighted by Gasteiger charge is -2.35. The fourth-order valence-electron chi connectivity index (χ4n) is 3.44. The Kier molecular flexibility index (Phi) is 7.43. The average Bonchev–Trinajstić information content (AvgIpc) is 2.60. The molecular weight excluding hydrogens is 360 g/mol. The minimum absolute atomic E-state index is 0.0513. The quantitative estimate of drug-likeness (QED) is 0.741. The average molecular weight is 392 g/mol. The lowest BCUT2D eigenvalue weighted by molar-refractivity contribution is -0.138. The number of hydrogen-bond acceptors (Lipinski definition) is 5. The zero-order valence-corrected chi connectivity index (χ0v) is 17.4. The molecule has 1 aromatic rings. The van der Waals surface area contributed by atoms with E-state index in [1.54, 1.807) is 22.9 Å². The molecule has 0 spiro atoms. The van der Waals surface area contributed by atoms with Gasteiger partial charge >= 0.3 is 5.97 Å². The van der Waals surface area contributed by atoms with Gasteiger partial charge in [-0.1, -0.05) is 33.8 Å². The minimum atomic E-state index is -0.900. The third-order valence-corrected chi connectivity index (χ3v) is 5.03. The molecule has 1 amide bonds. The number of hydrogen-bond donors (Lipinski definition) is 2. The van der Waals surface area contributed by atoms with E-state index in [2.05, 4.69) is 13.8 Å². The summed E-state index contributed by atoms with van der Waals surface area (Å²) in [6.45, 7) is 9.66. The van der Waals surface area contributed by atoms with Gasteiger partial charge in [0, 0.05) is 19.6 Å². The number of aliphatic carboxylic acids is 1. The van der Waals surface area contributed by atoms with E-state index in [-0.39, 0.29) is 36.1 Å². The first-order chi connectivity index (χ1) is 13.1. The predicted molar refractivity (Wildman–Crippen MR) is 107 cm³/mol. The van der Waals surface area contributed by atoms with Gasteiger partial charge in [-0.2, -0.15) is 0 Å². The monoisotopic (exact) mass is 392 g/mol. The highest BCUT2D eigenvalue weighted by molar-refractivity contribution is 5.97. The van der Waals surface area contributed by atoms with Crippen LogP contribution < -0.4 is 0 Å². The lowest BCUT2D eigenvalue weighted by Crippen LogP contribution is -2.49. The van der Waals surface area contributed by atoms with E-state index in [9.17, 15) is 14.7 Å². The second-order valence-electron chi connectivity index (χ2n) is 8.15. The Bertz CT molecular complexity index is 717. The van der Waals surface area contributed by atoms with Crippen molar-refractivity contribution >= 4 is 11.9 Å². The Morgan fingerprint density at radius 2 is 1.93 bits per heavy atom. The summed E-state index contributed by atoms with van der Waals surface area (Å²) in [6, 6.07) is 3.76. The summed E-state index contributed by atoms with van der Waals surface area (Å²) in [4.78, 5) is 27.4. The van der Waals surface area contributed by atoms with Crippen molar-refractivity contribution < 1.29 is 24.5 Å². The van der Waals surface area contributed by atoms with Gasteiger partial charge in [-0.25, -0.2) is 0 Å². The third-order valence-electron chi connectivity index (χ3n) is 5.03. The van der Waals surface area contributed by atoms with Crippen LogP contribution in [0.1, 0.15) is 61.0 Å². The molecule has 0 aliphatic carbocycles. The van der Waals surface area contributed by atoms with Gasteiger partial charge in [-0.05, 0) is 36.1 Å². The zero-order chi connectivity index (χ0) is 21.0. The molecular formula is C21H32N2O5. The summed E-state index contributed by atoms with van der Waals surface area (Å²) in [5.74, 6) is -0.714. The molecule has 7 nitrogen and oxygen atoms in total. The molecule has 7 heteroatoms. The van der Waals surface area contributed by atoms with E-state index in [4.69, 9.17) is 9.84 Å². The number of phenols is 1. The van der Waals surface area contributed by atoms with E-state index < -0.39 is 5.97 Å². The van der Waals surface area contributed by atoms with Crippen molar-refractivity contribution in [1.29, 1.82) is 0 Å². The van der Waals surface area contributed by atoms with Gasteiger partial charge in [0.05, 0.1) is 24.8 Å². The van der Waals surface area contributed by atoms with E-state index in [0.29, 0.717) is 31.8 Å². The van der Waals surface area contributed by atoms with Crippen LogP contribution in [-0.4, -0.2) is 77.8 Å². The van der Waals surface area contributed by atoms with Gasteiger partial charge in [0.2, 0.25) is 0 Å². The first kappa shape index (κ1) is 22.2. The number of carbonyl (C=O) groups is 2. The molecule has 0 aromatic heterocycles. The number of rotatable bonds is 7. The Hall–Kier alpha value is -2.12. The van der Waals surface area contributed by atoms with Crippen molar-refractivity contribution in [2.45, 2.75) is 45.6 Å². The van der Waals surface area contributed by atoms with Gasteiger partial charge in [-0.15, -0.1) is 0 Å². The molecule has 2 N–H and O–H groups in total. The fourth-order valence-corrected chi connectivity index (χ4v) is 3.44. The molecule has 1 fully saturated rings. The van der Waals surface area contributed by atoms with Gasteiger partial charge in [0.1, 0.15) is 5.75 Å². The highest BCUT2D eigenvalue weighted by atomic mass is 16.5. The van der Waals surface area contributed by atoms with Gasteiger partial charge in [0.25, 0.3) is 5.91 Å². The predicted octanol–water partition coefficient (Wildman–Crippen LogP) is 2.50. The highest BCUT2D eigenvalue weighted by Gasteiger charge is 2.29. The van der Waals surface area contributed by atoms with E-state index in [1.807, 2.05) is 19.9 Å². The molecule has 1 unspecified atom stereocenters. The van der Waals surface area contributed by atoms with Crippen molar-refractivity contribution in [3.63, 3.8) is 0 Å². The maximum Gasteiger partial charge on any atom is 0.317 e. The SMILES string of the molecule is CC(C)c1cc(C(=O)N2CCOC(CN(C)CC(=O)O)C2)c(O)c(C(C)C)c1. The molecule has 0 bridgehead atoms. The normalized spacial score (nSPS) is 17.6. The maximum atomic E-state index is 13.2. The van der Waals surface area contributed by atoms with Crippen molar-refractivity contribution in [2.24, 2.45) is 0 Å². The van der Waals surface area contributed by atoms with Crippen LogP contribution in [0.3, 0.4) is 0 Å². The van der Waals surface area contributed by atoms with E-state index in [1.165, 1.54) is 0 Å². The van der Waals surface area contributed by atoms with Crippen LogP contribution in [0.15, 0.2) is 12.1 Å². The second kappa shape index (κ2) is 9.39. The Labute approximate surface area is 166 Å². The Morgan fingerprint density at radius 1 is 1.25 bits per heavy atom. The number of amides is 1. The Balaban J connectivity index is 2.21. The smallest absolute Gasteiger partial charge is 0.317 e. The number of carboxylic acids is 1. The Morgan fingerprint density at radius 3 is 2.50 bits per heavy atom. The van der Waals surface area contributed by atoms with Gasteiger partial charge < -0.3 is 19.8 Å². The number of carbonyl (C=O) groups excluding carboxylic acids is 1. The number of likely N-dealkylation sites (N-methyl/N-ethyl adjacent to an activating group) is 1. The number of carboxylic acid groups (broad SMARTS) is 1. The largest absolute Gasteiger partial charge is 0.507 e. The number of benzene rings is 1. The summed E-state index contributed by atoms with van der Waals surface area (Å²) in [5.41, 5.74) is 2.13. The lowest BCUT2D eigenvalue weighted by atomic mass is 9.91. The maximum absolute atomic E-state index is 13.2. The first-order valence-corrected chi connectivity index (χ1v) is 9.78. The summed E-state index contributed by atoms with van der Waals surface area (Å²) in [6.07, 6.45) is -0.262. The van der Waals surface area contributed by atoms with Crippen LogP contribution in [0, 0.1) is 0 Å². The molecule has 28 heavy (non-hydrogen) atoms. The van der Waals surface area contributed by atoms with Gasteiger partial charge in [0.15, 0.2) is 0 Å². The fraction of sp³-hybridized carbons (Fsp3) is 0.619. The molecule has 1 saturated heterocycles. The molecule has 1 aromatic carbocycles. The van der Waals surface area contributed by atoms with Crippen LogP contribution in [0.4, 0.5) is 0 Å². The molecule has 0 saturated carbocycles. The molecule has 156 valence electrons. The van der Waals surface area contributed by atoms with Crippen LogP contribution >= 0.6 is 0 Å². The zero-order valence-electron chi connectivity index (χ0n) is 17.4. The number of nitrogens with zero attached hydrogens (tertiary/aromatic N) is 2. The number of morpholine rings is 1. The molecule has 1 heterocycles. The summed E-state index contributed by atoms with van der Waals surface area (Å²) < 4.78 is 5.71. The van der Waals surface area contributed by atoms with Crippen LogP contribution in [0.5, 0.6) is 5.75 Å². The standard InChI is InChI=1S/C21H32N2O5/c1-13(2)15-8-17(14(3)4)20(26)18(9-15)21(27)23-6-7-28-16(11-23)10-22(5)12-19(24)25/h8-9,13-14,16,26H,6-7,10-12H2,1-5H3,(H,24,25). The summed E-state index contributed by atoms with van der Waals surface area (Å²) >= 11 is 0. The number of ether oxygens (including phenoxy) is 1. The van der Waals surface area contributed by atoms with Crippen molar-refractivity contribution in [3.05, 3.63) is 28.8 Å². The van der Waals surface area contributed by atoms with E-state index in [0.717, 1.165) is 11.1 Å². The molecule has 2 rings (SSSR count). The molecule has 1 aliphatic heterocycles. The third kappa shape index (κ3) is 5.45. The van der Waals surface area contributed by atoms with Crippen molar-refractivity contribution in [2.75, 3.05) is 39.8 Å². The molecule has 1 aliphatic rings. The van der Waals surface area contributed by atoms with Crippen LogP contribution in [-0.2, 0) is 9.53 Å². The molecule has 1 atom stereocenters. The second-order valence-corrected chi connectivity index (χ2v) is 8.15. The van der Waals surface area contributed by atoms with Crippen molar-refractivity contribution in [3.8, 4) is 5.75 Å².